The van der Waals surface area contributed by atoms with Crippen LogP contribution in [-0.2, 0) is 6.42 Å². The summed E-state index contributed by atoms with van der Waals surface area (Å²) in [5.41, 5.74) is 0.296. The zero-order valence-electron chi connectivity index (χ0n) is 11.3. The van der Waals surface area contributed by atoms with Crippen molar-refractivity contribution in [2.45, 2.75) is 52.0 Å². The van der Waals surface area contributed by atoms with Crippen LogP contribution in [0.2, 0.25) is 0 Å². The lowest BCUT2D eigenvalue weighted by Crippen LogP contribution is -2.33. The standard InChI is InChI=1S/C14H22ClN3/c1-10(2)18-13(16-9-17-18)7-14(8-15)6-11-3-4-12(14)5-11/h9-12H,3-8H2,1-2H3. The third-order valence-electron chi connectivity index (χ3n) is 5.02. The smallest absolute Gasteiger partial charge is 0.138 e. The number of nitrogens with zero attached hydrogens (tertiary/aromatic N) is 3. The van der Waals surface area contributed by atoms with E-state index in [-0.39, 0.29) is 0 Å². The Hall–Kier alpha value is -0.570. The zero-order valence-corrected chi connectivity index (χ0v) is 12.0. The van der Waals surface area contributed by atoms with Gasteiger partial charge in [-0.3, -0.25) is 0 Å². The third kappa shape index (κ3) is 1.87. The Morgan fingerprint density at radius 1 is 1.50 bits per heavy atom. The Balaban J connectivity index is 1.84. The summed E-state index contributed by atoms with van der Waals surface area (Å²) in [6.45, 7) is 4.32. The molecule has 3 nitrogen and oxygen atoms in total. The minimum Gasteiger partial charge on any atom is -0.248 e. The van der Waals surface area contributed by atoms with Crippen molar-refractivity contribution in [3.8, 4) is 0 Å². The van der Waals surface area contributed by atoms with Crippen LogP contribution in [0.15, 0.2) is 6.33 Å². The maximum Gasteiger partial charge on any atom is 0.138 e. The van der Waals surface area contributed by atoms with Crippen molar-refractivity contribution < 1.29 is 0 Å². The second-order valence-electron chi connectivity index (χ2n) is 6.47. The van der Waals surface area contributed by atoms with E-state index in [1.165, 1.54) is 25.7 Å². The molecule has 4 heteroatoms. The van der Waals surface area contributed by atoms with Crippen LogP contribution < -0.4 is 0 Å². The second kappa shape index (κ2) is 4.52. The van der Waals surface area contributed by atoms with Crippen LogP contribution in [-0.4, -0.2) is 20.6 Å². The van der Waals surface area contributed by atoms with Crippen LogP contribution in [0, 0.1) is 17.3 Å². The fourth-order valence-electron chi connectivity index (χ4n) is 4.13. The summed E-state index contributed by atoms with van der Waals surface area (Å²) in [4.78, 5) is 4.47. The van der Waals surface area contributed by atoms with Gasteiger partial charge in [0.25, 0.3) is 0 Å². The van der Waals surface area contributed by atoms with E-state index >= 15 is 0 Å². The minimum atomic E-state index is 0.296. The van der Waals surface area contributed by atoms with Crippen molar-refractivity contribution in [2.24, 2.45) is 17.3 Å². The van der Waals surface area contributed by atoms with Crippen LogP contribution in [0.1, 0.15) is 51.4 Å². The Bertz CT molecular complexity index is 428. The minimum absolute atomic E-state index is 0.296. The first kappa shape index (κ1) is 12.5. The van der Waals surface area contributed by atoms with Gasteiger partial charge in [0.1, 0.15) is 12.2 Å². The quantitative estimate of drug-likeness (QED) is 0.783. The van der Waals surface area contributed by atoms with Gasteiger partial charge in [0, 0.05) is 18.3 Å². The van der Waals surface area contributed by atoms with Crippen LogP contribution in [0.25, 0.3) is 0 Å². The lowest BCUT2D eigenvalue weighted by atomic mass is 9.72. The first-order valence-electron chi connectivity index (χ1n) is 7.09. The Labute approximate surface area is 114 Å². The van der Waals surface area contributed by atoms with Gasteiger partial charge in [0.2, 0.25) is 0 Å². The summed E-state index contributed by atoms with van der Waals surface area (Å²) in [6, 6.07) is 0.383. The molecule has 1 aromatic heterocycles. The van der Waals surface area contributed by atoms with Crippen molar-refractivity contribution in [1.82, 2.24) is 14.8 Å². The van der Waals surface area contributed by atoms with E-state index in [0.717, 1.165) is 30.0 Å². The largest absolute Gasteiger partial charge is 0.248 e. The summed E-state index contributed by atoms with van der Waals surface area (Å²) in [5, 5.41) is 4.35. The molecule has 0 aromatic carbocycles. The van der Waals surface area contributed by atoms with Crippen molar-refractivity contribution in [1.29, 1.82) is 0 Å². The molecule has 3 unspecified atom stereocenters. The average Bonchev–Trinajstić information content (AvgIpc) is 3.03. The fraction of sp³-hybridized carbons (Fsp3) is 0.857. The lowest BCUT2D eigenvalue weighted by molar-refractivity contribution is 0.185. The van der Waals surface area contributed by atoms with Gasteiger partial charge < -0.3 is 0 Å². The SMILES string of the molecule is CC(C)n1ncnc1CC1(CCl)CC2CCC1C2. The average molecular weight is 268 g/mol. The van der Waals surface area contributed by atoms with Crippen LogP contribution >= 0.6 is 11.6 Å². The molecule has 18 heavy (non-hydrogen) atoms. The molecule has 2 bridgehead atoms. The molecule has 2 aliphatic rings. The molecule has 0 radical (unpaired) electrons. The van der Waals surface area contributed by atoms with E-state index in [1.54, 1.807) is 6.33 Å². The molecular formula is C14H22ClN3. The van der Waals surface area contributed by atoms with E-state index < -0.39 is 0 Å². The summed E-state index contributed by atoms with van der Waals surface area (Å²) < 4.78 is 2.06. The molecule has 0 spiro atoms. The van der Waals surface area contributed by atoms with Gasteiger partial charge in [-0.05, 0) is 50.4 Å². The van der Waals surface area contributed by atoms with Crippen molar-refractivity contribution in [3.05, 3.63) is 12.2 Å². The van der Waals surface area contributed by atoms with E-state index in [0.29, 0.717) is 11.5 Å². The van der Waals surface area contributed by atoms with Gasteiger partial charge in [-0.1, -0.05) is 6.42 Å². The number of fused-ring (bicyclic) bond motifs is 2. The predicted molar refractivity (Wildman–Crippen MR) is 72.7 cm³/mol. The topological polar surface area (TPSA) is 30.7 Å². The summed E-state index contributed by atoms with van der Waals surface area (Å²) in [5.74, 6) is 3.64. The second-order valence-corrected chi connectivity index (χ2v) is 6.73. The first-order chi connectivity index (χ1) is 8.64. The van der Waals surface area contributed by atoms with Gasteiger partial charge in [0.05, 0.1) is 0 Å². The van der Waals surface area contributed by atoms with Gasteiger partial charge in [-0.2, -0.15) is 5.10 Å². The lowest BCUT2D eigenvalue weighted by Gasteiger charge is -2.36. The van der Waals surface area contributed by atoms with Crippen molar-refractivity contribution >= 4 is 11.6 Å². The number of hydrogen-bond acceptors (Lipinski definition) is 2. The highest BCUT2D eigenvalue weighted by molar-refractivity contribution is 6.18. The molecule has 0 aliphatic heterocycles. The number of halogens is 1. The van der Waals surface area contributed by atoms with Gasteiger partial charge in [-0.15, -0.1) is 11.6 Å². The molecule has 0 amide bonds. The van der Waals surface area contributed by atoms with E-state index in [1.807, 2.05) is 0 Å². The third-order valence-corrected chi connectivity index (χ3v) is 5.55. The molecule has 2 saturated carbocycles. The van der Waals surface area contributed by atoms with Crippen molar-refractivity contribution in [3.63, 3.8) is 0 Å². The molecule has 3 rings (SSSR count). The van der Waals surface area contributed by atoms with Crippen LogP contribution in [0.4, 0.5) is 0 Å². The van der Waals surface area contributed by atoms with Gasteiger partial charge in [0.15, 0.2) is 0 Å². The maximum atomic E-state index is 6.35. The molecule has 1 heterocycles. The highest BCUT2D eigenvalue weighted by Crippen LogP contribution is 2.57. The van der Waals surface area contributed by atoms with Crippen LogP contribution in [0.5, 0.6) is 0 Å². The Morgan fingerprint density at radius 2 is 2.33 bits per heavy atom. The highest BCUT2D eigenvalue weighted by Gasteiger charge is 2.50. The molecule has 1 aromatic rings. The number of rotatable bonds is 4. The molecule has 0 saturated heterocycles. The van der Waals surface area contributed by atoms with Crippen LogP contribution in [0.3, 0.4) is 0 Å². The van der Waals surface area contributed by atoms with E-state index in [4.69, 9.17) is 11.6 Å². The normalized spacial score (nSPS) is 34.7. The zero-order chi connectivity index (χ0) is 12.8. The Kier molecular flexibility index (Phi) is 3.13. The van der Waals surface area contributed by atoms with Gasteiger partial charge in [-0.25, -0.2) is 9.67 Å². The van der Waals surface area contributed by atoms with Crippen molar-refractivity contribution in [2.75, 3.05) is 5.88 Å². The summed E-state index contributed by atoms with van der Waals surface area (Å²) >= 11 is 6.35. The predicted octanol–water partition coefficient (Wildman–Crippen LogP) is 3.45. The number of hydrogen-bond donors (Lipinski definition) is 0. The summed E-state index contributed by atoms with van der Waals surface area (Å²) in [6.07, 6.45) is 8.17. The summed E-state index contributed by atoms with van der Waals surface area (Å²) in [7, 11) is 0. The molecule has 2 fully saturated rings. The Morgan fingerprint density at radius 3 is 2.89 bits per heavy atom. The fourth-order valence-corrected chi connectivity index (χ4v) is 4.55. The molecule has 2 aliphatic carbocycles. The maximum absolute atomic E-state index is 6.35. The molecule has 0 N–H and O–H groups in total. The van der Waals surface area contributed by atoms with Gasteiger partial charge >= 0.3 is 0 Å². The monoisotopic (exact) mass is 267 g/mol. The van der Waals surface area contributed by atoms with E-state index in [2.05, 4.69) is 28.6 Å². The highest BCUT2D eigenvalue weighted by atomic mass is 35.5. The van der Waals surface area contributed by atoms with E-state index in [9.17, 15) is 0 Å². The number of alkyl halides is 1. The molecule has 100 valence electrons. The first-order valence-corrected chi connectivity index (χ1v) is 7.62. The molecule has 3 atom stereocenters. The molecular weight excluding hydrogens is 246 g/mol. The number of aromatic nitrogens is 3.